The first-order chi connectivity index (χ1) is 14.0. The molecule has 6 heteroatoms. The first-order valence-electron chi connectivity index (χ1n) is 10.2. The Labute approximate surface area is 172 Å². The maximum absolute atomic E-state index is 11.6. The fourth-order valence-electron chi connectivity index (χ4n) is 3.48. The molecule has 1 heterocycles. The molecule has 0 saturated heterocycles. The smallest absolute Gasteiger partial charge is 0.224 e. The minimum Gasteiger partial charge on any atom is -0.492 e. The van der Waals surface area contributed by atoms with Gasteiger partial charge in [0.25, 0.3) is 0 Å². The number of ether oxygens (including phenoxy) is 1. The molecule has 0 spiro atoms. The van der Waals surface area contributed by atoms with Gasteiger partial charge in [-0.3, -0.25) is 9.59 Å². The number of amides is 2. The number of anilines is 2. The second-order valence-electron chi connectivity index (χ2n) is 7.36. The normalized spacial score (nSPS) is 12.8. The molecule has 0 aliphatic carbocycles. The van der Waals surface area contributed by atoms with Gasteiger partial charge in [0.1, 0.15) is 12.4 Å². The number of rotatable bonds is 9. The van der Waals surface area contributed by atoms with E-state index in [9.17, 15) is 9.59 Å². The van der Waals surface area contributed by atoms with E-state index in [2.05, 4.69) is 16.0 Å². The molecule has 0 unspecified atom stereocenters. The molecule has 29 heavy (non-hydrogen) atoms. The minimum absolute atomic E-state index is 0.0555. The lowest BCUT2D eigenvalue weighted by Crippen LogP contribution is -2.24. The summed E-state index contributed by atoms with van der Waals surface area (Å²) in [5.74, 6) is 0.885. The van der Waals surface area contributed by atoms with E-state index < -0.39 is 0 Å². The van der Waals surface area contributed by atoms with Crippen molar-refractivity contribution < 1.29 is 14.3 Å². The molecular formula is C23H29N3O3. The molecule has 0 atom stereocenters. The van der Waals surface area contributed by atoms with Gasteiger partial charge in [0.05, 0.1) is 5.69 Å². The van der Waals surface area contributed by atoms with E-state index in [0.29, 0.717) is 13.0 Å². The summed E-state index contributed by atoms with van der Waals surface area (Å²) >= 11 is 0. The van der Waals surface area contributed by atoms with Gasteiger partial charge in [0, 0.05) is 31.1 Å². The van der Waals surface area contributed by atoms with Crippen molar-refractivity contribution in [2.45, 2.75) is 39.5 Å². The van der Waals surface area contributed by atoms with Crippen molar-refractivity contribution in [1.82, 2.24) is 5.32 Å². The quantitative estimate of drug-likeness (QED) is 0.568. The molecule has 3 N–H and O–H groups in total. The Morgan fingerprint density at radius 2 is 1.90 bits per heavy atom. The molecule has 2 aromatic carbocycles. The highest BCUT2D eigenvalue weighted by Crippen LogP contribution is 2.33. The third-order valence-electron chi connectivity index (χ3n) is 4.97. The number of nitrogens with one attached hydrogen (secondary N) is 3. The van der Waals surface area contributed by atoms with Crippen LogP contribution < -0.4 is 20.7 Å². The summed E-state index contributed by atoms with van der Waals surface area (Å²) in [4.78, 5) is 22.7. The van der Waals surface area contributed by atoms with E-state index in [4.69, 9.17) is 4.74 Å². The fraction of sp³-hybridized carbons (Fsp3) is 0.391. The molecule has 0 fully saturated rings. The largest absolute Gasteiger partial charge is 0.492 e. The Hall–Kier alpha value is -2.86. The predicted molar refractivity (Wildman–Crippen MR) is 116 cm³/mol. The van der Waals surface area contributed by atoms with Crippen LogP contribution in [0.5, 0.6) is 5.75 Å². The van der Waals surface area contributed by atoms with Crippen molar-refractivity contribution in [2.24, 2.45) is 0 Å². The molecule has 1 aliphatic rings. The van der Waals surface area contributed by atoms with Crippen LogP contribution in [0.4, 0.5) is 11.4 Å². The van der Waals surface area contributed by atoms with Gasteiger partial charge in [-0.2, -0.15) is 0 Å². The highest BCUT2D eigenvalue weighted by atomic mass is 16.5. The van der Waals surface area contributed by atoms with E-state index in [0.717, 1.165) is 60.6 Å². The van der Waals surface area contributed by atoms with Crippen LogP contribution in [0.15, 0.2) is 36.4 Å². The topological polar surface area (TPSA) is 79.5 Å². The van der Waals surface area contributed by atoms with E-state index in [-0.39, 0.29) is 11.8 Å². The molecule has 0 bridgehead atoms. The highest BCUT2D eigenvalue weighted by Gasteiger charge is 2.20. The molecule has 6 nitrogen and oxygen atoms in total. The molecule has 0 aromatic heterocycles. The number of fused-ring (bicyclic) bond motifs is 1. The molecule has 0 radical (unpaired) electrons. The first kappa shape index (κ1) is 20.9. The Morgan fingerprint density at radius 1 is 1.10 bits per heavy atom. The second kappa shape index (κ2) is 10.1. The number of carbonyl (C=O) groups is 2. The van der Waals surface area contributed by atoms with Crippen molar-refractivity contribution in [1.29, 1.82) is 0 Å². The van der Waals surface area contributed by atoms with Crippen LogP contribution in [0.2, 0.25) is 0 Å². The van der Waals surface area contributed by atoms with Crippen molar-refractivity contribution in [3.8, 4) is 5.75 Å². The van der Waals surface area contributed by atoms with Crippen LogP contribution in [-0.4, -0.2) is 31.5 Å². The predicted octanol–water partition coefficient (Wildman–Crippen LogP) is 3.44. The maximum Gasteiger partial charge on any atom is 0.224 e. The Balaban J connectivity index is 1.35. The van der Waals surface area contributed by atoms with Gasteiger partial charge in [-0.1, -0.05) is 18.2 Å². The van der Waals surface area contributed by atoms with Crippen LogP contribution >= 0.6 is 0 Å². The van der Waals surface area contributed by atoms with Crippen LogP contribution in [0.25, 0.3) is 0 Å². The van der Waals surface area contributed by atoms with Gasteiger partial charge in [0.15, 0.2) is 0 Å². The Bertz CT molecular complexity index is 862. The summed E-state index contributed by atoms with van der Waals surface area (Å²) in [6.45, 7) is 5.79. The zero-order chi connectivity index (χ0) is 20.6. The number of aryl methyl sites for hydroxylation is 2. The summed E-state index contributed by atoms with van der Waals surface area (Å²) < 4.78 is 5.96. The molecule has 3 rings (SSSR count). The van der Waals surface area contributed by atoms with E-state index in [1.165, 1.54) is 12.5 Å². The molecular weight excluding hydrogens is 366 g/mol. The Kier molecular flexibility index (Phi) is 7.25. The van der Waals surface area contributed by atoms with E-state index >= 15 is 0 Å². The standard InChI is InChI=1S/C23H29N3O3/c1-16-5-11-21(20-10-12-22(28)26-23(16)20)29-15-14-24-13-3-4-18-6-8-19(9-7-18)25-17(2)27/h5-9,11,24H,3-4,10,12-15H2,1-2H3,(H,25,27)(H,26,28). The van der Waals surface area contributed by atoms with Crippen LogP contribution in [-0.2, 0) is 22.4 Å². The van der Waals surface area contributed by atoms with Gasteiger partial charge < -0.3 is 20.7 Å². The lowest BCUT2D eigenvalue weighted by Gasteiger charge is -2.22. The van der Waals surface area contributed by atoms with Crippen LogP contribution in [0.3, 0.4) is 0 Å². The zero-order valence-corrected chi connectivity index (χ0v) is 17.1. The molecule has 0 saturated carbocycles. The summed E-state index contributed by atoms with van der Waals surface area (Å²) in [5.41, 5.74) is 5.17. The van der Waals surface area contributed by atoms with Gasteiger partial charge in [-0.05, 0) is 62.1 Å². The lowest BCUT2D eigenvalue weighted by molar-refractivity contribution is -0.116. The molecule has 2 aromatic rings. The van der Waals surface area contributed by atoms with E-state index in [1.54, 1.807) is 0 Å². The van der Waals surface area contributed by atoms with Crippen molar-refractivity contribution in [3.05, 3.63) is 53.1 Å². The minimum atomic E-state index is -0.0555. The van der Waals surface area contributed by atoms with Gasteiger partial charge in [0.2, 0.25) is 11.8 Å². The van der Waals surface area contributed by atoms with Gasteiger partial charge in [-0.25, -0.2) is 0 Å². The average molecular weight is 396 g/mol. The summed E-state index contributed by atoms with van der Waals surface area (Å²) in [6.07, 6.45) is 3.26. The van der Waals surface area contributed by atoms with Crippen LogP contribution in [0.1, 0.15) is 36.5 Å². The number of carbonyl (C=O) groups excluding carboxylic acids is 2. The summed E-state index contributed by atoms with van der Waals surface area (Å²) in [6, 6.07) is 12.0. The van der Waals surface area contributed by atoms with E-state index in [1.807, 2.05) is 43.3 Å². The van der Waals surface area contributed by atoms with Gasteiger partial charge >= 0.3 is 0 Å². The summed E-state index contributed by atoms with van der Waals surface area (Å²) in [7, 11) is 0. The third kappa shape index (κ3) is 6.06. The average Bonchev–Trinajstić information content (AvgIpc) is 2.70. The fourth-order valence-corrected chi connectivity index (χ4v) is 3.48. The van der Waals surface area contributed by atoms with Crippen molar-refractivity contribution >= 4 is 23.2 Å². The SMILES string of the molecule is CC(=O)Nc1ccc(CCCNCCOc2ccc(C)c3c2CCC(=O)N3)cc1. The molecule has 1 aliphatic heterocycles. The van der Waals surface area contributed by atoms with Crippen LogP contribution in [0, 0.1) is 6.92 Å². The number of hydrogen-bond donors (Lipinski definition) is 3. The molecule has 154 valence electrons. The lowest BCUT2D eigenvalue weighted by atomic mass is 9.98. The van der Waals surface area contributed by atoms with Crippen molar-refractivity contribution in [2.75, 3.05) is 30.3 Å². The Morgan fingerprint density at radius 3 is 2.66 bits per heavy atom. The molecule has 2 amide bonds. The number of hydrogen-bond acceptors (Lipinski definition) is 4. The summed E-state index contributed by atoms with van der Waals surface area (Å²) in [5, 5.41) is 9.14. The number of benzene rings is 2. The van der Waals surface area contributed by atoms with Gasteiger partial charge in [-0.15, -0.1) is 0 Å². The first-order valence-corrected chi connectivity index (χ1v) is 10.2. The highest BCUT2D eigenvalue weighted by molar-refractivity contribution is 5.95. The third-order valence-corrected chi connectivity index (χ3v) is 4.97. The maximum atomic E-state index is 11.6. The zero-order valence-electron chi connectivity index (χ0n) is 17.1. The second-order valence-corrected chi connectivity index (χ2v) is 7.36. The van der Waals surface area contributed by atoms with Crippen molar-refractivity contribution in [3.63, 3.8) is 0 Å². The monoisotopic (exact) mass is 395 g/mol.